The molecule has 1 saturated carbocycles. The molecular weight excluding hydrogens is 178 g/mol. The summed E-state index contributed by atoms with van der Waals surface area (Å²) in [7, 11) is 0. The van der Waals surface area contributed by atoms with E-state index in [0.29, 0.717) is 13.0 Å². The van der Waals surface area contributed by atoms with Gasteiger partial charge < -0.3 is 4.74 Å². The van der Waals surface area contributed by atoms with Crippen molar-refractivity contribution in [1.82, 2.24) is 0 Å². The van der Waals surface area contributed by atoms with Crippen molar-refractivity contribution in [1.29, 1.82) is 5.26 Å². The molecule has 1 aliphatic carbocycles. The molecule has 0 spiro atoms. The molecule has 2 unspecified atom stereocenters. The lowest BCUT2D eigenvalue weighted by molar-refractivity contribution is -0.151. The number of nitriles is 1. The van der Waals surface area contributed by atoms with Gasteiger partial charge in [-0.3, -0.25) is 4.79 Å². The van der Waals surface area contributed by atoms with Crippen LogP contribution in [0.25, 0.3) is 0 Å². The largest absolute Gasteiger partial charge is 0.466 e. The number of ether oxygens (including phenoxy) is 1. The minimum atomic E-state index is -0.104. The van der Waals surface area contributed by atoms with Crippen LogP contribution < -0.4 is 0 Å². The van der Waals surface area contributed by atoms with E-state index in [9.17, 15) is 4.79 Å². The SMILES string of the molecule is CCOC(=O)C1CCCCC1CC#N. The fourth-order valence-electron chi connectivity index (χ4n) is 2.13. The molecule has 0 aliphatic heterocycles. The van der Waals surface area contributed by atoms with Gasteiger partial charge in [-0.25, -0.2) is 0 Å². The Morgan fingerprint density at radius 2 is 2.21 bits per heavy atom. The van der Waals surface area contributed by atoms with Crippen molar-refractivity contribution < 1.29 is 9.53 Å². The van der Waals surface area contributed by atoms with Crippen LogP contribution in [0.5, 0.6) is 0 Å². The predicted molar refractivity (Wildman–Crippen MR) is 52.3 cm³/mol. The van der Waals surface area contributed by atoms with Crippen LogP contribution in [-0.4, -0.2) is 12.6 Å². The summed E-state index contributed by atoms with van der Waals surface area (Å²) in [4.78, 5) is 11.6. The van der Waals surface area contributed by atoms with Gasteiger partial charge in [0.05, 0.1) is 18.6 Å². The Balaban J connectivity index is 2.53. The van der Waals surface area contributed by atoms with Gasteiger partial charge in [-0.15, -0.1) is 0 Å². The summed E-state index contributed by atoms with van der Waals surface area (Å²) in [6, 6.07) is 2.16. The third-order valence-corrected chi connectivity index (χ3v) is 2.85. The Bertz CT molecular complexity index is 232. The van der Waals surface area contributed by atoms with E-state index < -0.39 is 0 Å². The van der Waals surface area contributed by atoms with E-state index >= 15 is 0 Å². The standard InChI is InChI=1S/C11H17NO2/c1-2-14-11(13)10-6-4-3-5-9(10)7-8-12/h9-10H,2-7H2,1H3. The van der Waals surface area contributed by atoms with Crippen LogP contribution in [0.1, 0.15) is 39.0 Å². The third kappa shape index (κ3) is 2.73. The molecule has 0 radical (unpaired) electrons. The molecule has 0 N–H and O–H groups in total. The second kappa shape index (κ2) is 5.64. The van der Waals surface area contributed by atoms with Crippen LogP contribution in [0.15, 0.2) is 0 Å². The first-order valence-corrected chi connectivity index (χ1v) is 5.33. The molecule has 0 aromatic heterocycles. The predicted octanol–water partition coefficient (Wildman–Crippen LogP) is 2.27. The van der Waals surface area contributed by atoms with Crippen molar-refractivity contribution >= 4 is 5.97 Å². The molecule has 0 aromatic carbocycles. The van der Waals surface area contributed by atoms with Crippen molar-refractivity contribution in [2.24, 2.45) is 11.8 Å². The van der Waals surface area contributed by atoms with Gasteiger partial charge in [0.1, 0.15) is 0 Å². The monoisotopic (exact) mass is 195 g/mol. The minimum Gasteiger partial charge on any atom is -0.466 e. The fraction of sp³-hybridized carbons (Fsp3) is 0.818. The highest BCUT2D eigenvalue weighted by atomic mass is 16.5. The van der Waals surface area contributed by atoms with Gasteiger partial charge in [-0.1, -0.05) is 12.8 Å². The van der Waals surface area contributed by atoms with Crippen LogP contribution in [0, 0.1) is 23.2 Å². The molecule has 3 nitrogen and oxygen atoms in total. The molecular formula is C11H17NO2. The maximum Gasteiger partial charge on any atom is 0.309 e. The van der Waals surface area contributed by atoms with Gasteiger partial charge in [0.25, 0.3) is 0 Å². The maximum atomic E-state index is 11.6. The molecule has 78 valence electrons. The number of nitrogens with zero attached hydrogens (tertiary/aromatic N) is 1. The molecule has 0 saturated heterocycles. The van der Waals surface area contributed by atoms with Crippen LogP contribution in [0.2, 0.25) is 0 Å². The van der Waals surface area contributed by atoms with E-state index in [0.717, 1.165) is 25.7 Å². The summed E-state index contributed by atoms with van der Waals surface area (Å²) in [6.45, 7) is 2.26. The summed E-state index contributed by atoms with van der Waals surface area (Å²) in [5.41, 5.74) is 0. The number of esters is 1. The Morgan fingerprint density at radius 3 is 2.86 bits per heavy atom. The molecule has 0 bridgehead atoms. The molecule has 3 heteroatoms. The Hall–Kier alpha value is -1.04. The highest BCUT2D eigenvalue weighted by Crippen LogP contribution is 2.32. The van der Waals surface area contributed by atoms with E-state index in [1.807, 2.05) is 6.92 Å². The van der Waals surface area contributed by atoms with E-state index in [1.54, 1.807) is 0 Å². The summed E-state index contributed by atoms with van der Waals surface area (Å²) >= 11 is 0. The average molecular weight is 195 g/mol. The van der Waals surface area contributed by atoms with E-state index in [4.69, 9.17) is 10.00 Å². The number of carbonyl (C=O) groups excluding carboxylic acids is 1. The van der Waals surface area contributed by atoms with Crippen molar-refractivity contribution in [2.75, 3.05) is 6.61 Å². The second-order valence-electron chi connectivity index (χ2n) is 3.77. The van der Waals surface area contributed by atoms with Gasteiger partial charge in [-0.05, 0) is 25.7 Å². The smallest absolute Gasteiger partial charge is 0.309 e. The zero-order valence-electron chi connectivity index (χ0n) is 8.66. The first-order valence-electron chi connectivity index (χ1n) is 5.33. The molecule has 14 heavy (non-hydrogen) atoms. The van der Waals surface area contributed by atoms with Gasteiger partial charge in [0.15, 0.2) is 0 Å². The maximum absolute atomic E-state index is 11.6. The summed E-state index contributed by atoms with van der Waals surface area (Å²) in [5.74, 6) is 0.101. The normalized spacial score (nSPS) is 26.6. The molecule has 1 fully saturated rings. The average Bonchev–Trinajstić information content (AvgIpc) is 2.19. The first kappa shape index (κ1) is 11.0. The highest BCUT2D eigenvalue weighted by Gasteiger charge is 2.31. The summed E-state index contributed by atoms with van der Waals surface area (Å²) in [6.07, 6.45) is 4.61. The lowest BCUT2D eigenvalue weighted by Gasteiger charge is -2.27. The molecule has 2 atom stereocenters. The quantitative estimate of drug-likeness (QED) is 0.649. The van der Waals surface area contributed by atoms with Crippen LogP contribution in [0.3, 0.4) is 0 Å². The Kier molecular flexibility index (Phi) is 4.45. The van der Waals surface area contributed by atoms with Crippen molar-refractivity contribution in [3.63, 3.8) is 0 Å². The fourth-order valence-corrected chi connectivity index (χ4v) is 2.13. The van der Waals surface area contributed by atoms with Gasteiger partial charge >= 0.3 is 5.97 Å². The van der Waals surface area contributed by atoms with Crippen molar-refractivity contribution in [3.05, 3.63) is 0 Å². The number of hydrogen-bond acceptors (Lipinski definition) is 3. The second-order valence-corrected chi connectivity index (χ2v) is 3.77. The zero-order valence-corrected chi connectivity index (χ0v) is 8.66. The van der Waals surface area contributed by atoms with Crippen LogP contribution in [-0.2, 0) is 9.53 Å². The van der Waals surface area contributed by atoms with E-state index in [-0.39, 0.29) is 17.8 Å². The molecule has 0 aromatic rings. The van der Waals surface area contributed by atoms with Crippen molar-refractivity contribution in [2.45, 2.75) is 39.0 Å². The molecule has 0 heterocycles. The lowest BCUT2D eigenvalue weighted by atomic mass is 9.78. The molecule has 0 amide bonds. The van der Waals surface area contributed by atoms with Crippen LogP contribution >= 0.6 is 0 Å². The molecule has 1 rings (SSSR count). The zero-order chi connectivity index (χ0) is 10.4. The van der Waals surface area contributed by atoms with Crippen LogP contribution in [0.4, 0.5) is 0 Å². The van der Waals surface area contributed by atoms with Gasteiger partial charge in [-0.2, -0.15) is 5.26 Å². The van der Waals surface area contributed by atoms with Gasteiger partial charge in [0.2, 0.25) is 0 Å². The Labute approximate surface area is 85.1 Å². The van der Waals surface area contributed by atoms with E-state index in [1.165, 1.54) is 0 Å². The topological polar surface area (TPSA) is 50.1 Å². The number of hydrogen-bond donors (Lipinski definition) is 0. The Morgan fingerprint density at radius 1 is 1.50 bits per heavy atom. The third-order valence-electron chi connectivity index (χ3n) is 2.85. The number of carbonyl (C=O) groups is 1. The van der Waals surface area contributed by atoms with Gasteiger partial charge in [0, 0.05) is 6.42 Å². The minimum absolute atomic E-state index is 0.0247. The van der Waals surface area contributed by atoms with E-state index in [2.05, 4.69) is 6.07 Å². The van der Waals surface area contributed by atoms with Crippen molar-refractivity contribution in [3.8, 4) is 6.07 Å². The summed E-state index contributed by atoms with van der Waals surface area (Å²) in [5, 5.41) is 8.65. The lowest BCUT2D eigenvalue weighted by Crippen LogP contribution is -2.28. The number of rotatable bonds is 3. The highest BCUT2D eigenvalue weighted by molar-refractivity contribution is 5.72. The first-order chi connectivity index (χ1) is 6.79. The molecule has 1 aliphatic rings. The summed E-state index contributed by atoms with van der Waals surface area (Å²) < 4.78 is 5.01.